The van der Waals surface area contributed by atoms with Crippen LogP contribution in [-0.2, 0) is 9.59 Å². The van der Waals surface area contributed by atoms with Gasteiger partial charge in [-0.05, 0) is 19.9 Å². The average molecular weight is 187 g/mol. The molecule has 0 aromatic rings. The number of carboxylic acids is 2. The summed E-state index contributed by atoms with van der Waals surface area (Å²) in [4.78, 5) is 22.7. The van der Waals surface area contributed by atoms with Crippen LogP contribution in [0.5, 0.6) is 0 Å². The summed E-state index contributed by atoms with van der Waals surface area (Å²) in [6, 6.07) is -0.636. The van der Waals surface area contributed by atoms with Crippen LogP contribution in [0, 0.1) is 0 Å². The van der Waals surface area contributed by atoms with Crippen LogP contribution >= 0.6 is 0 Å². The van der Waals surface area contributed by atoms with Gasteiger partial charge in [-0.15, -0.1) is 0 Å². The van der Waals surface area contributed by atoms with Gasteiger partial charge in [0, 0.05) is 6.04 Å². The van der Waals surface area contributed by atoms with Crippen molar-refractivity contribution in [1.29, 1.82) is 0 Å². The Morgan fingerprint density at radius 1 is 1.38 bits per heavy atom. The Morgan fingerprint density at radius 2 is 2.00 bits per heavy atom. The lowest BCUT2D eigenvalue weighted by Gasteiger charge is -2.21. The third-order valence-corrected chi connectivity index (χ3v) is 2.54. The fourth-order valence-corrected chi connectivity index (χ4v) is 1.76. The van der Waals surface area contributed by atoms with Gasteiger partial charge in [-0.2, -0.15) is 0 Å². The summed E-state index contributed by atoms with van der Waals surface area (Å²) in [6.45, 7) is 0. The molecule has 1 saturated heterocycles. The van der Waals surface area contributed by atoms with E-state index in [1.54, 1.807) is 11.9 Å². The Bertz CT molecular complexity index is 228. The minimum Gasteiger partial charge on any atom is -0.481 e. The lowest BCUT2D eigenvalue weighted by molar-refractivity contribution is -0.144. The van der Waals surface area contributed by atoms with E-state index in [1.807, 2.05) is 0 Å². The largest absolute Gasteiger partial charge is 0.481 e. The van der Waals surface area contributed by atoms with Gasteiger partial charge in [-0.1, -0.05) is 0 Å². The Hall–Kier alpha value is -1.10. The molecule has 0 bridgehead atoms. The molecule has 1 fully saturated rings. The molecule has 5 nitrogen and oxygen atoms in total. The van der Waals surface area contributed by atoms with E-state index in [2.05, 4.69) is 0 Å². The fourth-order valence-electron chi connectivity index (χ4n) is 1.76. The lowest BCUT2D eigenvalue weighted by Crippen LogP contribution is -2.38. The SMILES string of the molecule is CN1C(CC(=O)O)CCC1C(=O)O. The van der Waals surface area contributed by atoms with Crippen LogP contribution in [0.4, 0.5) is 0 Å². The smallest absolute Gasteiger partial charge is 0.320 e. The molecule has 1 heterocycles. The second-order valence-electron chi connectivity index (χ2n) is 3.35. The predicted octanol–water partition coefficient (Wildman–Crippen LogP) is 0.00850. The number of hydrogen-bond acceptors (Lipinski definition) is 3. The van der Waals surface area contributed by atoms with Crippen LogP contribution < -0.4 is 0 Å². The third-order valence-electron chi connectivity index (χ3n) is 2.54. The topological polar surface area (TPSA) is 77.8 Å². The van der Waals surface area contributed by atoms with Gasteiger partial charge in [0.15, 0.2) is 0 Å². The summed E-state index contributed by atoms with van der Waals surface area (Å²) < 4.78 is 0. The first kappa shape index (κ1) is 9.98. The van der Waals surface area contributed by atoms with Gasteiger partial charge in [0.2, 0.25) is 0 Å². The van der Waals surface area contributed by atoms with E-state index in [0.717, 1.165) is 0 Å². The van der Waals surface area contributed by atoms with Crippen LogP contribution in [0.2, 0.25) is 0 Å². The van der Waals surface area contributed by atoms with Crippen molar-refractivity contribution in [3.63, 3.8) is 0 Å². The molecule has 1 rings (SSSR count). The monoisotopic (exact) mass is 187 g/mol. The van der Waals surface area contributed by atoms with E-state index in [0.29, 0.717) is 12.8 Å². The second-order valence-corrected chi connectivity index (χ2v) is 3.35. The van der Waals surface area contributed by atoms with Gasteiger partial charge in [0.1, 0.15) is 6.04 Å². The molecule has 2 N–H and O–H groups in total. The second kappa shape index (κ2) is 3.74. The van der Waals surface area contributed by atoms with E-state index in [-0.39, 0.29) is 12.5 Å². The number of carboxylic acid groups (broad SMARTS) is 2. The minimum atomic E-state index is -0.872. The van der Waals surface area contributed by atoms with E-state index < -0.39 is 18.0 Å². The quantitative estimate of drug-likeness (QED) is 0.650. The minimum absolute atomic E-state index is 0.0281. The Balaban J connectivity index is 2.54. The molecule has 0 aliphatic carbocycles. The number of nitrogens with zero attached hydrogens (tertiary/aromatic N) is 1. The number of likely N-dealkylation sites (N-methyl/N-ethyl adjacent to an activating group) is 1. The number of aliphatic carboxylic acids is 2. The normalized spacial score (nSPS) is 29.0. The highest BCUT2D eigenvalue weighted by Gasteiger charge is 2.35. The molecule has 0 spiro atoms. The van der Waals surface area contributed by atoms with Crippen LogP contribution in [0.3, 0.4) is 0 Å². The molecule has 2 atom stereocenters. The molecule has 1 aliphatic rings. The zero-order valence-corrected chi connectivity index (χ0v) is 7.43. The Kier molecular flexibility index (Phi) is 2.87. The molecular weight excluding hydrogens is 174 g/mol. The van der Waals surface area contributed by atoms with Crippen LogP contribution in [-0.4, -0.2) is 46.2 Å². The molecule has 5 heteroatoms. The summed E-state index contributed by atoms with van der Waals surface area (Å²) in [5.74, 6) is -1.74. The molecular formula is C8H13NO4. The van der Waals surface area contributed by atoms with Gasteiger partial charge < -0.3 is 10.2 Å². The van der Waals surface area contributed by atoms with Gasteiger partial charge in [0.05, 0.1) is 6.42 Å². The maximum Gasteiger partial charge on any atom is 0.320 e. The molecule has 0 aromatic heterocycles. The van der Waals surface area contributed by atoms with E-state index in [4.69, 9.17) is 10.2 Å². The first-order valence-electron chi connectivity index (χ1n) is 4.19. The average Bonchev–Trinajstić information content (AvgIpc) is 2.32. The highest BCUT2D eigenvalue weighted by Crippen LogP contribution is 2.24. The standard InChI is InChI=1S/C8H13NO4/c1-9-5(4-7(10)11)2-3-6(9)8(12)13/h5-6H,2-4H2,1H3,(H,10,11)(H,12,13). The third kappa shape index (κ3) is 2.18. The number of carbonyl (C=O) groups is 2. The molecule has 74 valence electrons. The van der Waals surface area contributed by atoms with Crippen molar-refractivity contribution >= 4 is 11.9 Å². The van der Waals surface area contributed by atoms with Gasteiger partial charge >= 0.3 is 11.9 Å². The molecule has 0 radical (unpaired) electrons. The first-order chi connectivity index (χ1) is 6.02. The predicted molar refractivity (Wildman–Crippen MR) is 44.5 cm³/mol. The van der Waals surface area contributed by atoms with Crippen LogP contribution in [0.15, 0.2) is 0 Å². The maximum atomic E-state index is 10.7. The molecule has 0 amide bonds. The zero-order valence-electron chi connectivity index (χ0n) is 7.43. The van der Waals surface area contributed by atoms with Gasteiger partial charge in [0.25, 0.3) is 0 Å². The van der Waals surface area contributed by atoms with Gasteiger partial charge in [-0.25, -0.2) is 0 Å². The van der Waals surface area contributed by atoms with Gasteiger partial charge in [-0.3, -0.25) is 14.5 Å². The molecule has 1 aliphatic heterocycles. The van der Waals surface area contributed by atoms with Crippen molar-refractivity contribution in [3.05, 3.63) is 0 Å². The fraction of sp³-hybridized carbons (Fsp3) is 0.750. The van der Waals surface area contributed by atoms with Crippen molar-refractivity contribution in [1.82, 2.24) is 4.90 Å². The van der Waals surface area contributed by atoms with E-state index in [9.17, 15) is 9.59 Å². The Labute approximate surface area is 76.0 Å². The zero-order chi connectivity index (χ0) is 10.0. The van der Waals surface area contributed by atoms with Crippen LogP contribution in [0.25, 0.3) is 0 Å². The van der Waals surface area contributed by atoms with Crippen LogP contribution in [0.1, 0.15) is 19.3 Å². The van der Waals surface area contributed by atoms with Crippen molar-refractivity contribution < 1.29 is 19.8 Å². The summed E-state index contributed by atoms with van der Waals surface area (Å²) in [6.07, 6.45) is 1.23. The molecule has 0 saturated carbocycles. The molecule has 13 heavy (non-hydrogen) atoms. The number of hydrogen-bond donors (Lipinski definition) is 2. The summed E-state index contributed by atoms with van der Waals surface area (Å²) in [5, 5.41) is 17.3. The van der Waals surface area contributed by atoms with Crippen molar-refractivity contribution in [2.75, 3.05) is 7.05 Å². The Morgan fingerprint density at radius 3 is 2.38 bits per heavy atom. The van der Waals surface area contributed by atoms with Crippen molar-refractivity contribution in [3.8, 4) is 0 Å². The van der Waals surface area contributed by atoms with E-state index >= 15 is 0 Å². The number of likely N-dealkylation sites (tertiary alicyclic amines) is 1. The summed E-state index contributed by atoms with van der Waals surface area (Å²) >= 11 is 0. The van der Waals surface area contributed by atoms with Crippen molar-refractivity contribution in [2.24, 2.45) is 0 Å². The lowest BCUT2D eigenvalue weighted by atomic mass is 10.1. The van der Waals surface area contributed by atoms with E-state index in [1.165, 1.54) is 0 Å². The highest BCUT2D eigenvalue weighted by molar-refractivity contribution is 5.74. The molecule has 0 aromatic carbocycles. The molecule has 2 unspecified atom stereocenters. The summed E-state index contributed by atoms with van der Waals surface area (Å²) in [5.41, 5.74) is 0. The number of rotatable bonds is 3. The maximum absolute atomic E-state index is 10.7. The highest BCUT2D eigenvalue weighted by atomic mass is 16.4. The van der Waals surface area contributed by atoms with Crippen molar-refractivity contribution in [2.45, 2.75) is 31.3 Å². The first-order valence-corrected chi connectivity index (χ1v) is 4.19. The summed E-state index contributed by atoms with van der Waals surface area (Å²) in [7, 11) is 1.67.